The van der Waals surface area contributed by atoms with Gasteiger partial charge in [-0.1, -0.05) is 13.3 Å². The van der Waals surface area contributed by atoms with Gasteiger partial charge in [0.05, 0.1) is 18.8 Å². The van der Waals surface area contributed by atoms with E-state index in [0.717, 1.165) is 31.1 Å². The smallest absolute Gasteiger partial charge is 0.131 e. The Morgan fingerprint density at radius 2 is 2.22 bits per heavy atom. The third-order valence-corrected chi connectivity index (χ3v) is 6.07. The van der Waals surface area contributed by atoms with Crippen molar-refractivity contribution >= 4 is 11.6 Å². The van der Waals surface area contributed by atoms with Crippen LogP contribution in [0.25, 0.3) is 0 Å². The van der Waals surface area contributed by atoms with Gasteiger partial charge in [-0.05, 0) is 25.7 Å². The maximum atomic E-state index is 9.32. The lowest BCUT2D eigenvalue weighted by Gasteiger charge is -2.63. The number of hydrogen-bond donors (Lipinski definition) is 3. The van der Waals surface area contributed by atoms with Gasteiger partial charge in [0.15, 0.2) is 0 Å². The number of aromatic nitrogens is 2. The van der Waals surface area contributed by atoms with Crippen molar-refractivity contribution in [1.82, 2.24) is 9.97 Å². The summed E-state index contributed by atoms with van der Waals surface area (Å²) in [6.45, 7) is 3.06. The Labute approximate surface area is 137 Å². The van der Waals surface area contributed by atoms with E-state index >= 15 is 0 Å². The van der Waals surface area contributed by atoms with Crippen LogP contribution in [0.3, 0.4) is 0 Å². The van der Waals surface area contributed by atoms with E-state index in [1.54, 1.807) is 6.33 Å². The maximum absolute atomic E-state index is 9.32. The maximum Gasteiger partial charge on any atom is 0.131 e. The van der Waals surface area contributed by atoms with Crippen molar-refractivity contribution in [2.75, 3.05) is 23.8 Å². The van der Waals surface area contributed by atoms with E-state index in [1.807, 2.05) is 13.0 Å². The lowest BCUT2D eigenvalue weighted by Crippen LogP contribution is -2.68. The molecule has 3 aliphatic rings. The first-order chi connectivity index (χ1) is 11.3. The van der Waals surface area contributed by atoms with Crippen molar-refractivity contribution in [3.05, 3.63) is 12.4 Å². The molecule has 0 aromatic carbocycles. The summed E-state index contributed by atoms with van der Waals surface area (Å²) in [5.74, 6) is 2.27. The van der Waals surface area contributed by atoms with Crippen LogP contribution in [0.5, 0.6) is 0 Å². The number of nitrogens with one attached hydrogen (secondary N) is 2. The van der Waals surface area contributed by atoms with Gasteiger partial charge in [-0.2, -0.15) is 0 Å². The standard InChI is InChI=1S/C17H26N4O2/c1-2-11(9-22)20-13-8-14(19-10-18-13)21-15-12-4-7-23-16(12)17(15)5-3-6-17/h8,10-12,15-16,22H,2-7,9H2,1H3,(H2,18,19,20,21). The Kier molecular flexibility index (Phi) is 3.89. The van der Waals surface area contributed by atoms with Gasteiger partial charge < -0.3 is 20.5 Å². The van der Waals surface area contributed by atoms with Crippen LogP contribution < -0.4 is 10.6 Å². The zero-order valence-electron chi connectivity index (χ0n) is 13.7. The van der Waals surface area contributed by atoms with Crippen molar-refractivity contribution in [3.63, 3.8) is 0 Å². The van der Waals surface area contributed by atoms with Crippen LogP contribution in [0.15, 0.2) is 12.4 Å². The predicted octanol–water partition coefficient (Wildman–Crippen LogP) is 2.03. The molecule has 6 heteroatoms. The van der Waals surface area contributed by atoms with Gasteiger partial charge in [0, 0.05) is 30.0 Å². The number of aliphatic hydroxyl groups is 1. The summed E-state index contributed by atoms with van der Waals surface area (Å²) >= 11 is 0. The fourth-order valence-electron chi connectivity index (χ4n) is 4.62. The average molecular weight is 318 g/mol. The molecule has 3 fully saturated rings. The molecule has 2 heterocycles. The van der Waals surface area contributed by atoms with E-state index in [2.05, 4.69) is 20.6 Å². The van der Waals surface area contributed by atoms with Crippen molar-refractivity contribution in [3.8, 4) is 0 Å². The minimum absolute atomic E-state index is 0.0343. The molecule has 6 nitrogen and oxygen atoms in total. The highest BCUT2D eigenvalue weighted by Crippen LogP contribution is 2.63. The quantitative estimate of drug-likeness (QED) is 0.745. The van der Waals surface area contributed by atoms with Crippen LogP contribution in [-0.2, 0) is 4.74 Å². The molecule has 0 bridgehead atoms. The van der Waals surface area contributed by atoms with E-state index in [1.165, 1.54) is 19.3 Å². The predicted molar refractivity (Wildman–Crippen MR) is 88.4 cm³/mol. The number of aliphatic hydroxyl groups excluding tert-OH is 1. The number of ether oxygens (including phenoxy) is 1. The summed E-state index contributed by atoms with van der Waals surface area (Å²) in [4.78, 5) is 8.66. The van der Waals surface area contributed by atoms with Crippen molar-refractivity contribution < 1.29 is 9.84 Å². The lowest BCUT2D eigenvalue weighted by atomic mass is 9.46. The van der Waals surface area contributed by atoms with Gasteiger partial charge in [0.2, 0.25) is 0 Å². The molecule has 1 saturated heterocycles. The van der Waals surface area contributed by atoms with E-state index in [-0.39, 0.29) is 12.6 Å². The van der Waals surface area contributed by atoms with Crippen LogP contribution in [0.2, 0.25) is 0 Å². The van der Waals surface area contributed by atoms with Gasteiger partial charge in [0.25, 0.3) is 0 Å². The van der Waals surface area contributed by atoms with Gasteiger partial charge in [0.1, 0.15) is 18.0 Å². The Morgan fingerprint density at radius 1 is 1.39 bits per heavy atom. The lowest BCUT2D eigenvalue weighted by molar-refractivity contribution is -0.158. The molecule has 4 rings (SSSR count). The largest absolute Gasteiger partial charge is 0.394 e. The molecule has 3 N–H and O–H groups in total. The second kappa shape index (κ2) is 5.91. The zero-order valence-corrected chi connectivity index (χ0v) is 13.7. The van der Waals surface area contributed by atoms with Crippen molar-refractivity contribution in [1.29, 1.82) is 0 Å². The average Bonchev–Trinajstić information content (AvgIpc) is 2.94. The topological polar surface area (TPSA) is 79.3 Å². The third kappa shape index (κ3) is 2.39. The van der Waals surface area contributed by atoms with E-state index in [4.69, 9.17) is 4.74 Å². The molecular formula is C17H26N4O2. The summed E-state index contributed by atoms with van der Waals surface area (Å²) in [5, 5.41) is 16.2. The number of hydrogen-bond acceptors (Lipinski definition) is 6. The van der Waals surface area contributed by atoms with E-state index < -0.39 is 0 Å². The molecule has 4 atom stereocenters. The monoisotopic (exact) mass is 318 g/mol. The minimum atomic E-state index is 0.0343. The number of nitrogens with zero attached hydrogens (tertiary/aromatic N) is 2. The van der Waals surface area contributed by atoms with Gasteiger partial charge >= 0.3 is 0 Å². The summed E-state index contributed by atoms with van der Waals surface area (Å²) in [5.41, 5.74) is 0.344. The molecule has 23 heavy (non-hydrogen) atoms. The number of anilines is 2. The molecule has 126 valence electrons. The zero-order chi connectivity index (χ0) is 15.9. The van der Waals surface area contributed by atoms with Crippen LogP contribution in [-0.4, -0.2) is 46.5 Å². The molecule has 2 aliphatic carbocycles. The van der Waals surface area contributed by atoms with Gasteiger partial charge in [-0.3, -0.25) is 0 Å². The number of rotatable bonds is 6. The van der Waals surface area contributed by atoms with E-state index in [9.17, 15) is 5.11 Å². The van der Waals surface area contributed by atoms with Crippen LogP contribution in [0.1, 0.15) is 39.0 Å². The van der Waals surface area contributed by atoms with Crippen LogP contribution in [0, 0.1) is 11.3 Å². The Bertz CT molecular complexity index is 559. The van der Waals surface area contributed by atoms with Crippen LogP contribution >= 0.6 is 0 Å². The normalized spacial score (nSPS) is 31.8. The first kappa shape index (κ1) is 15.1. The summed E-state index contributed by atoms with van der Waals surface area (Å²) in [7, 11) is 0. The minimum Gasteiger partial charge on any atom is -0.394 e. The first-order valence-electron chi connectivity index (χ1n) is 8.84. The van der Waals surface area contributed by atoms with E-state index in [0.29, 0.717) is 23.5 Å². The molecule has 4 unspecified atom stereocenters. The Morgan fingerprint density at radius 3 is 2.91 bits per heavy atom. The molecule has 2 saturated carbocycles. The fourth-order valence-corrected chi connectivity index (χ4v) is 4.62. The molecule has 1 aromatic heterocycles. The summed E-state index contributed by atoms with van der Waals surface area (Å²) < 4.78 is 5.97. The molecule has 0 amide bonds. The first-order valence-corrected chi connectivity index (χ1v) is 8.84. The summed E-state index contributed by atoms with van der Waals surface area (Å²) in [6.07, 6.45) is 7.92. The highest BCUT2D eigenvalue weighted by Gasteiger charge is 2.66. The highest BCUT2D eigenvalue weighted by molar-refractivity contribution is 5.49. The SMILES string of the molecule is CCC(CO)Nc1cc(NC2C3CCOC3C23CCC3)ncn1. The number of fused-ring (bicyclic) bond motifs is 2. The molecule has 0 radical (unpaired) electrons. The molecule has 1 aromatic rings. The highest BCUT2D eigenvalue weighted by atomic mass is 16.5. The third-order valence-electron chi connectivity index (χ3n) is 6.07. The molecular weight excluding hydrogens is 292 g/mol. The second-order valence-electron chi connectivity index (χ2n) is 7.17. The van der Waals surface area contributed by atoms with Crippen LogP contribution in [0.4, 0.5) is 11.6 Å². The van der Waals surface area contributed by atoms with Gasteiger partial charge in [-0.25, -0.2) is 9.97 Å². The fraction of sp³-hybridized carbons (Fsp3) is 0.765. The Balaban J connectivity index is 1.46. The Hall–Kier alpha value is -1.40. The van der Waals surface area contributed by atoms with Gasteiger partial charge in [-0.15, -0.1) is 0 Å². The molecule has 1 spiro atoms. The second-order valence-corrected chi connectivity index (χ2v) is 7.17. The molecule has 1 aliphatic heterocycles. The van der Waals surface area contributed by atoms with Crippen molar-refractivity contribution in [2.24, 2.45) is 11.3 Å². The summed E-state index contributed by atoms with van der Waals surface area (Å²) in [6, 6.07) is 2.46. The van der Waals surface area contributed by atoms with Crippen molar-refractivity contribution in [2.45, 2.75) is 57.2 Å².